The average Bonchev–Trinajstić information content (AvgIpc) is 2.32. The van der Waals surface area contributed by atoms with E-state index in [1.807, 2.05) is 0 Å². The van der Waals surface area contributed by atoms with Crippen LogP contribution in [0.25, 0.3) is 11.1 Å². The fraction of sp³-hybridized carbons (Fsp3) is 0.0769. The molecule has 0 spiro atoms. The van der Waals surface area contributed by atoms with E-state index in [0.717, 1.165) is 36.4 Å². The third-order valence-corrected chi connectivity index (χ3v) is 2.41. The topological polar surface area (TPSA) is 0 Å². The fourth-order valence-electron chi connectivity index (χ4n) is 1.61. The van der Waals surface area contributed by atoms with Crippen molar-refractivity contribution in [3.05, 3.63) is 59.7 Å². The number of halogens is 5. The second kappa shape index (κ2) is 4.40. The molecule has 0 aliphatic heterocycles. The molecule has 2 aromatic carbocycles. The maximum Gasteiger partial charge on any atom is 0.417 e. The highest BCUT2D eigenvalue weighted by molar-refractivity contribution is 5.68. The molecule has 18 heavy (non-hydrogen) atoms. The number of alkyl halides is 3. The molecule has 0 bridgehead atoms. The Morgan fingerprint density at radius 2 is 1.67 bits per heavy atom. The maximum absolute atomic E-state index is 13.5. The van der Waals surface area contributed by atoms with Gasteiger partial charge in [-0.05, 0) is 29.8 Å². The average molecular weight is 257 g/mol. The van der Waals surface area contributed by atoms with E-state index in [2.05, 4.69) is 6.07 Å². The Kier molecular flexibility index (Phi) is 3.07. The zero-order valence-corrected chi connectivity index (χ0v) is 8.85. The van der Waals surface area contributed by atoms with E-state index in [4.69, 9.17) is 0 Å². The highest BCUT2D eigenvalue weighted by atomic mass is 19.4. The summed E-state index contributed by atoms with van der Waals surface area (Å²) in [7, 11) is 0. The third-order valence-electron chi connectivity index (χ3n) is 2.41. The molecule has 0 aliphatic carbocycles. The Balaban J connectivity index is 2.69. The highest BCUT2D eigenvalue weighted by Crippen LogP contribution is 2.37. The number of benzene rings is 2. The van der Waals surface area contributed by atoms with E-state index in [-0.39, 0.29) is 0 Å². The molecule has 5 heteroatoms. The van der Waals surface area contributed by atoms with Gasteiger partial charge in [-0.1, -0.05) is 18.2 Å². The first-order valence-electron chi connectivity index (χ1n) is 4.93. The van der Waals surface area contributed by atoms with Gasteiger partial charge in [0.25, 0.3) is 0 Å². The van der Waals surface area contributed by atoms with E-state index in [0.29, 0.717) is 0 Å². The van der Waals surface area contributed by atoms with Crippen molar-refractivity contribution in [2.45, 2.75) is 6.18 Å². The van der Waals surface area contributed by atoms with Gasteiger partial charge in [-0.3, -0.25) is 0 Å². The molecule has 0 aliphatic rings. The molecule has 1 radical (unpaired) electrons. The molecule has 0 amide bonds. The zero-order valence-electron chi connectivity index (χ0n) is 8.85. The number of hydrogen-bond donors (Lipinski definition) is 0. The van der Waals surface area contributed by atoms with Crippen molar-refractivity contribution in [2.75, 3.05) is 0 Å². The van der Waals surface area contributed by atoms with Gasteiger partial charge >= 0.3 is 6.18 Å². The van der Waals surface area contributed by atoms with Crippen LogP contribution in [0.1, 0.15) is 5.56 Å². The van der Waals surface area contributed by atoms with Gasteiger partial charge in [0.05, 0.1) is 5.56 Å². The van der Waals surface area contributed by atoms with Gasteiger partial charge < -0.3 is 0 Å². The van der Waals surface area contributed by atoms with E-state index < -0.39 is 34.5 Å². The van der Waals surface area contributed by atoms with Crippen LogP contribution >= 0.6 is 0 Å². The van der Waals surface area contributed by atoms with Gasteiger partial charge in [0.15, 0.2) is 11.6 Å². The maximum atomic E-state index is 13.5. The van der Waals surface area contributed by atoms with Crippen LogP contribution in [-0.4, -0.2) is 0 Å². The van der Waals surface area contributed by atoms with Crippen LogP contribution in [0.5, 0.6) is 0 Å². The molecule has 0 N–H and O–H groups in total. The Bertz CT molecular complexity index is 572. The summed E-state index contributed by atoms with van der Waals surface area (Å²) in [5.41, 5.74) is -1.88. The second-order valence-electron chi connectivity index (χ2n) is 3.57. The minimum Gasteiger partial charge on any atom is -0.204 e. The van der Waals surface area contributed by atoms with Gasteiger partial charge in [-0.15, -0.1) is 0 Å². The van der Waals surface area contributed by atoms with Gasteiger partial charge in [-0.25, -0.2) is 8.78 Å². The zero-order chi connectivity index (χ0) is 13.3. The first-order chi connectivity index (χ1) is 8.41. The Morgan fingerprint density at radius 3 is 2.33 bits per heavy atom. The summed E-state index contributed by atoms with van der Waals surface area (Å²) in [6.45, 7) is 0. The molecule has 0 nitrogen and oxygen atoms in total. The number of rotatable bonds is 1. The van der Waals surface area contributed by atoms with Crippen LogP contribution in [-0.2, 0) is 6.18 Å². The standard InChI is InChI=1S/C13H6F5/c14-11-7-3-5-9(12(11)15)8-4-1-2-6-10(8)13(16,17)18/h2-7H. The Labute approximate surface area is 99.7 Å². The van der Waals surface area contributed by atoms with E-state index >= 15 is 0 Å². The van der Waals surface area contributed by atoms with Crippen LogP contribution in [0.3, 0.4) is 0 Å². The highest BCUT2D eigenvalue weighted by Gasteiger charge is 2.34. The molecule has 93 valence electrons. The number of hydrogen-bond acceptors (Lipinski definition) is 0. The summed E-state index contributed by atoms with van der Waals surface area (Å²) in [6.07, 6.45) is -4.64. The van der Waals surface area contributed by atoms with Crippen molar-refractivity contribution in [1.29, 1.82) is 0 Å². The molecule has 0 fully saturated rings. The second-order valence-corrected chi connectivity index (χ2v) is 3.57. The van der Waals surface area contributed by atoms with Gasteiger partial charge in [0.1, 0.15) is 0 Å². The molecule has 0 unspecified atom stereocenters. The van der Waals surface area contributed by atoms with Crippen molar-refractivity contribution >= 4 is 0 Å². The molecule has 0 heterocycles. The molecular weight excluding hydrogens is 251 g/mol. The Hall–Kier alpha value is -1.91. The largest absolute Gasteiger partial charge is 0.417 e. The summed E-state index contributed by atoms with van der Waals surface area (Å²) in [5, 5.41) is 0. The van der Waals surface area contributed by atoms with Crippen molar-refractivity contribution in [3.63, 3.8) is 0 Å². The molecular formula is C13H6F5. The lowest BCUT2D eigenvalue weighted by atomic mass is 9.99. The van der Waals surface area contributed by atoms with Crippen LogP contribution in [0.2, 0.25) is 0 Å². The molecule has 2 aromatic rings. The van der Waals surface area contributed by atoms with Crippen LogP contribution in [0, 0.1) is 17.7 Å². The minimum absolute atomic E-state index is 0.429. The summed E-state index contributed by atoms with van der Waals surface area (Å²) >= 11 is 0. The van der Waals surface area contributed by atoms with Crippen LogP contribution in [0.4, 0.5) is 22.0 Å². The normalized spacial score (nSPS) is 11.6. The minimum atomic E-state index is -4.64. The molecule has 0 saturated heterocycles. The van der Waals surface area contributed by atoms with Crippen LogP contribution < -0.4 is 0 Å². The summed E-state index contributed by atoms with van der Waals surface area (Å²) in [5.74, 6) is -2.49. The van der Waals surface area contributed by atoms with Gasteiger partial charge in [0, 0.05) is 5.56 Å². The molecule has 0 aromatic heterocycles. The van der Waals surface area contributed by atoms with Crippen LogP contribution in [0.15, 0.2) is 36.4 Å². The third kappa shape index (κ3) is 2.20. The van der Waals surface area contributed by atoms with E-state index in [1.165, 1.54) is 0 Å². The first kappa shape index (κ1) is 12.5. The quantitative estimate of drug-likeness (QED) is 0.662. The van der Waals surface area contributed by atoms with E-state index in [9.17, 15) is 22.0 Å². The van der Waals surface area contributed by atoms with Crippen molar-refractivity contribution in [1.82, 2.24) is 0 Å². The summed E-state index contributed by atoms with van der Waals surface area (Å²) in [6, 6.07) is 8.36. The molecule has 2 rings (SSSR count). The lowest BCUT2D eigenvalue weighted by Gasteiger charge is -2.13. The summed E-state index contributed by atoms with van der Waals surface area (Å²) in [4.78, 5) is 0. The van der Waals surface area contributed by atoms with Crippen molar-refractivity contribution in [2.24, 2.45) is 0 Å². The molecule has 0 saturated carbocycles. The lowest BCUT2D eigenvalue weighted by Crippen LogP contribution is -2.07. The van der Waals surface area contributed by atoms with Crippen molar-refractivity contribution in [3.8, 4) is 11.1 Å². The van der Waals surface area contributed by atoms with E-state index in [1.54, 1.807) is 0 Å². The summed E-state index contributed by atoms with van der Waals surface area (Å²) < 4.78 is 64.7. The predicted octanol–water partition coefficient (Wildman–Crippen LogP) is 4.45. The smallest absolute Gasteiger partial charge is 0.204 e. The fourth-order valence-corrected chi connectivity index (χ4v) is 1.61. The van der Waals surface area contributed by atoms with Gasteiger partial charge in [-0.2, -0.15) is 13.2 Å². The van der Waals surface area contributed by atoms with Crippen molar-refractivity contribution < 1.29 is 22.0 Å². The predicted molar refractivity (Wildman–Crippen MR) is 55.6 cm³/mol. The lowest BCUT2D eigenvalue weighted by molar-refractivity contribution is -0.137. The SMILES string of the molecule is Fc1cccc(-c2c[c]ccc2C(F)(F)F)c1F. The first-order valence-corrected chi connectivity index (χ1v) is 4.93. The Morgan fingerprint density at radius 1 is 0.944 bits per heavy atom. The monoisotopic (exact) mass is 257 g/mol. The molecule has 0 atom stereocenters. The van der Waals surface area contributed by atoms with Gasteiger partial charge in [0.2, 0.25) is 0 Å².